The maximum absolute atomic E-state index is 11.5. The minimum atomic E-state index is -0.962. The molecule has 0 aliphatic rings. The summed E-state index contributed by atoms with van der Waals surface area (Å²) >= 11 is 12.6. The molecule has 0 radical (unpaired) electrons. The van der Waals surface area contributed by atoms with Crippen LogP contribution in [0.3, 0.4) is 0 Å². The first-order valence-electron chi connectivity index (χ1n) is 5.67. The Labute approximate surface area is 138 Å². The average molecular weight is 420 g/mol. The number of anilines is 1. The van der Waals surface area contributed by atoms with Crippen molar-refractivity contribution in [2.24, 2.45) is 0 Å². The first-order valence-corrected chi connectivity index (χ1v) is 7.63. The third-order valence-electron chi connectivity index (χ3n) is 2.68. The summed E-state index contributed by atoms with van der Waals surface area (Å²) in [7, 11) is 0. The van der Waals surface area contributed by atoms with E-state index in [2.05, 4.69) is 37.2 Å². The van der Waals surface area contributed by atoms with E-state index >= 15 is 0 Å². The highest BCUT2D eigenvalue weighted by atomic mass is 79.9. The van der Waals surface area contributed by atoms with E-state index in [0.29, 0.717) is 15.1 Å². The van der Waals surface area contributed by atoms with Crippen molar-refractivity contribution < 1.29 is 9.90 Å². The van der Waals surface area contributed by atoms with E-state index in [1.165, 1.54) is 0 Å². The molecule has 0 aliphatic heterocycles. The van der Waals surface area contributed by atoms with Crippen LogP contribution in [-0.2, 0) is 4.79 Å². The summed E-state index contributed by atoms with van der Waals surface area (Å²) in [5, 5.41) is 12.9. The molecule has 6 heteroatoms. The monoisotopic (exact) mass is 417 g/mol. The van der Waals surface area contributed by atoms with Gasteiger partial charge in [0, 0.05) is 19.7 Å². The summed E-state index contributed by atoms with van der Waals surface area (Å²) in [6.07, 6.45) is 0. The molecular formula is C14H10Br2ClNO2. The van der Waals surface area contributed by atoms with Crippen LogP contribution in [0.1, 0.15) is 11.6 Å². The van der Waals surface area contributed by atoms with Gasteiger partial charge in [0.2, 0.25) is 0 Å². The fraction of sp³-hybridized carbons (Fsp3) is 0.0714. The van der Waals surface area contributed by atoms with Crippen molar-refractivity contribution in [3.8, 4) is 0 Å². The number of aliphatic carboxylic acids is 1. The maximum Gasteiger partial charge on any atom is 0.330 e. The van der Waals surface area contributed by atoms with Crippen LogP contribution < -0.4 is 5.32 Å². The zero-order valence-corrected chi connectivity index (χ0v) is 14.0. The summed E-state index contributed by atoms with van der Waals surface area (Å²) in [4.78, 5) is 11.5. The molecule has 0 saturated heterocycles. The van der Waals surface area contributed by atoms with Gasteiger partial charge in [-0.2, -0.15) is 0 Å². The number of carbonyl (C=O) groups is 1. The van der Waals surface area contributed by atoms with Crippen LogP contribution in [0.5, 0.6) is 0 Å². The second kappa shape index (κ2) is 6.61. The van der Waals surface area contributed by atoms with Crippen molar-refractivity contribution in [1.29, 1.82) is 0 Å². The molecule has 3 nitrogen and oxygen atoms in total. The van der Waals surface area contributed by atoms with Crippen LogP contribution in [0.2, 0.25) is 5.02 Å². The molecule has 0 saturated carbocycles. The van der Waals surface area contributed by atoms with Gasteiger partial charge >= 0.3 is 5.97 Å². The quantitative estimate of drug-likeness (QED) is 0.725. The zero-order valence-electron chi connectivity index (χ0n) is 10.1. The summed E-state index contributed by atoms with van der Waals surface area (Å²) in [6.45, 7) is 0. The van der Waals surface area contributed by atoms with Gasteiger partial charge in [0.05, 0.1) is 0 Å². The van der Waals surface area contributed by atoms with Crippen molar-refractivity contribution in [3.05, 3.63) is 62.0 Å². The van der Waals surface area contributed by atoms with Gasteiger partial charge in [0.15, 0.2) is 6.04 Å². The number of carboxylic acid groups (broad SMARTS) is 1. The lowest BCUT2D eigenvalue weighted by Gasteiger charge is -2.17. The molecule has 2 rings (SSSR count). The van der Waals surface area contributed by atoms with Crippen LogP contribution in [0.25, 0.3) is 0 Å². The van der Waals surface area contributed by atoms with Gasteiger partial charge in [-0.05, 0) is 42.0 Å². The first kappa shape index (κ1) is 15.4. The van der Waals surface area contributed by atoms with E-state index in [0.717, 1.165) is 10.2 Å². The number of carboxylic acids is 1. The molecule has 0 bridgehead atoms. The summed E-state index contributed by atoms with van der Waals surface area (Å²) in [5.74, 6) is -0.962. The van der Waals surface area contributed by atoms with Gasteiger partial charge in [-0.15, -0.1) is 0 Å². The SMILES string of the molecule is O=C(O)C(Nc1ccc(Br)cc1)c1ccc(Cl)cc1Br. The molecule has 0 spiro atoms. The van der Waals surface area contributed by atoms with Gasteiger partial charge in [0.25, 0.3) is 0 Å². The van der Waals surface area contributed by atoms with Gasteiger partial charge in [0.1, 0.15) is 0 Å². The smallest absolute Gasteiger partial charge is 0.330 e. The van der Waals surface area contributed by atoms with Crippen molar-refractivity contribution in [1.82, 2.24) is 0 Å². The second-order valence-corrected chi connectivity index (χ2v) is 6.29. The number of hydrogen-bond acceptors (Lipinski definition) is 2. The Balaban J connectivity index is 2.31. The number of hydrogen-bond donors (Lipinski definition) is 2. The lowest BCUT2D eigenvalue weighted by molar-refractivity contribution is -0.138. The van der Waals surface area contributed by atoms with E-state index in [1.54, 1.807) is 18.2 Å². The largest absolute Gasteiger partial charge is 0.479 e. The lowest BCUT2D eigenvalue weighted by Crippen LogP contribution is -2.20. The predicted molar refractivity (Wildman–Crippen MR) is 87.3 cm³/mol. The molecule has 20 heavy (non-hydrogen) atoms. The van der Waals surface area contributed by atoms with E-state index in [-0.39, 0.29) is 0 Å². The molecule has 2 N–H and O–H groups in total. The molecule has 0 amide bonds. The summed E-state index contributed by atoms with van der Waals surface area (Å²) in [5.41, 5.74) is 1.34. The van der Waals surface area contributed by atoms with Crippen molar-refractivity contribution in [2.45, 2.75) is 6.04 Å². The fourth-order valence-corrected chi connectivity index (χ4v) is 2.90. The first-order chi connectivity index (χ1) is 9.47. The van der Waals surface area contributed by atoms with E-state index < -0.39 is 12.0 Å². The Kier molecular flexibility index (Phi) is 5.07. The van der Waals surface area contributed by atoms with Crippen molar-refractivity contribution in [2.75, 3.05) is 5.32 Å². The number of rotatable bonds is 4. The molecule has 2 aromatic carbocycles. The standard InChI is InChI=1S/C14H10Br2ClNO2/c15-8-1-4-10(5-2-8)18-13(14(19)20)11-6-3-9(17)7-12(11)16/h1-7,13,18H,(H,19,20). The normalized spacial score (nSPS) is 11.9. The molecule has 2 aromatic rings. The van der Waals surface area contributed by atoms with Crippen molar-refractivity contribution >= 4 is 55.1 Å². The Morgan fingerprint density at radius 2 is 1.80 bits per heavy atom. The third kappa shape index (κ3) is 3.75. The molecule has 0 aromatic heterocycles. The second-order valence-electron chi connectivity index (χ2n) is 4.09. The van der Waals surface area contributed by atoms with Crippen LogP contribution in [0, 0.1) is 0 Å². The highest BCUT2D eigenvalue weighted by molar-refractivity contribution is 9.10. The van der Waals surface area contributed by atoms with E-state index in [1.807, 2.05) is 24.3 Å². The molecular weight excluding hydrogens is 409 g/mol. The molecule has 1 atom stereocenters. The average Bonchev–Trinajstić information content (AvgIpc) is 2.39. The number of nitrogens with one attached hydrogen (secondary N) is 1. The number of halogens is 3. The molecule has 0 fully saturated rings. The Morgan fingerprint density at radius 3 is 2.35 bits per heavy atom. The van der Waals surface area contributed by atoms with Gasteiger partial charge in [-0.3, -0.25) is 0 Å². The molecule has 104 valence electrons. The van der Waals surface area contributed by atoms with E-state index in [4.69, 9.17) is 11.6 Å². The predicted octanol–water partition coefficient (Wildman–Crippen LogP) is 5.10. The van der Waals surface area contributed by atoms with Crippen molar-refractivity contribution in [3.63, 3.8) is 0 Å². The molecule has 0 aliphatic carbocycles. The summed E-state index contributed by atoms with van der Waals surface area (Å²) in [6, 6.07) is 11.5. The maximum atomic E-state index is 11.5. The minimum absolute atomic E-state index is 0.549. The van der Waals surface area contributed by atoms with Crippen LogP contribution >= 0.6 is 43.5 Å². The topological polar surface area (TPSA) is 49.3 Å². The van der Waals surface area contributed by atoms with E-state index in [9.17, 15) is 9.90 Å². The highest BCUT2D eigenvalue weighted by Gasteiger charge is 2.22. The highest BCUT2D eigenvalue weighted by Crippen LogP contribution is 2.29. The van der Waals surface area contributed by atoms with Gasteiger partial charge in [-0.1, -0.05) is 49.5 Å². The van der Waals surface area contributed by atoms with Gasteiger partial charge < -0.3 is 10.4 Å². The zero-order chi connectivity index (χ0) is 14.7. The molecule has 1 unspecified atom stereocenters. The Morgan fingerprint density at radius 1 is 1.15 bits per heavy atom. The van der Waals surface area contributed by atoms with Crippen LogP contribution in [0.15, 0.2) is 51.4 Å². The lowest BCUT2D eigenvalue weighted by atomic mass is 10.1. The molecule has 0 heterocycles. The Bertz CT molecular complexity index is 632. The number of benzene rings is 2. The van der Waals surface area contributed by atoms with Crippen LogP contribution in [0.4, 0.5) is 5.69 Å². The Hall–Kier alpha value is -1.04. The van der Waals surface area contributed by atoms with Crippen LogP contribution in [-0.4, -0.2) is 11.1 Å². The minimum Gasteiger partial charge on any atom is -0.479 e. The summed E-state index contributed by atoms with van der Waals surface area (Å²) < 4.78 is 1.59. The van der Waals surface area contributed by atoms with Gasteiger partial charge in [-0.25, -0.2) is 4.79 Å². The fourth-order valence-electron chi connectivity index (χ4n) is 1.72. The third-order valence-corrected chi connectivity index (χ3v) is 4.13.